The Bertz CT molecular complexity index is 2170. The number of hydrogen-bond donors (Lipinski definition) is 3. The minimum atomic E-state index is -0.654. The monoisotopic (exact) mass is 776 g/mol. The lowest BCUT2D eigenvalue weighted by Crippen LogP contribution is -2.50. The number of amides is 2. The summed E-state index contributed by atoms with van der Waals surface area (Å²) in [4.78, 5) is 53.2. The summed E-state index contributed by atoms with van der Waals surface area (Å²) in [5.74, 6) is 3.79. The molecule has 5 fully saturated rings. The Balaban J connectivity index is 0.891. The minimum Gasteiger partial charge on any atom is -0.494 e. The standard InChI is InChI=1S/C44H56N8O5/c1-28-17-39(54)52(34-8-6-7-32(21-34)47-42(55)57-43(2,3)4)40-35(28)27-46-41(49-40)48-36-10-9-33(22-37(36)56-5)51-15-13-50(14-16-51)12-11-45-38(53)26-44-23-29-18-30(24-44)20-31(19-29)25-44/h6-10,17,21-22,27,29-31H,11-16,18-20,23-26H2,1-5H3,(H,45,53)(H,47,55)(H,46,48,49). The van der Waals surface area contributed by atoms with Crippen LogP contribution in [0.4, 0.5) is 27.8 Å². The molecule has 13 nitrogen and oxygen atoms in total. The number of fused-ring (bicyclic) bond motifs is 1. The second kappa shape index (κ2) is 15.6. The number of methoxy groups -OCH3 is 1. The molecular weight excluding hydrogens is 721 g/mol. The van der Waals surface area contributed by atoms with Crippen LogP contribution in [0.3, 0.4) is 0 Å². The van der Waals surface area contributed by atoms with E-state index in [9.17, 15) is 14.4 Å². The van der Waals surface area contributed by atoms with E-state index in [1.807, 2.05) is 19.1 Å². The number of anilines is 4. The highest BCUT2D eigenvalue weighted by atomic mass is 16.6. The third-order valence-electron chi connectivity index (χ3n) is 12.3. The van der Waals surface area contributed by atoms with Crippen molar-refractivity contribution in [2.75, 3.05) is 61.9 Å². The molecule has 2 aromatic heterocycles. The zero-order valence-corrected chi connectivity index (χ0v) is 33.9. The summed E-state index contributed by atoms with van der Waals surface area (Å²) in [7, 11) is 1.64. The zero-order chi connectivity index (χ0) is 39.9. The molecule has 0 radical (unpaired) electrons. The van der Waals surface area contributed by atoms with Gasteiger partial charge in [-0.15, -0.1) is 0 Å². The van der Waals surface area contributed by atoms with E-state index in [4.69, 9.17) is 14.5 Å². The largest absolute Gasteiger partial charge is 0.494 e. The van der Waals surface area contributed by atoms with Crippen molar-refractivity contribution in [1.29, 1.82) is 0 Å². The highest BCUT2D eigenvalue weighted by Crippen LogP contribution is 2.61. The molecule has 13 heteroatoms. The Morgan fingerprint density at radius 1 is 0.930 bits per heavy atom. The van der Waals surface area contributed by atoms with Crippen molar-refractivity contribution < 1.29 is 19.1 Å². The predicted octanol–water partition coefficient (Wildman–Crippen LogP) is 7.03. The maximum absolute atomic E-state index is 13.5. The number of carbonyl (C=O) groups is 2. The number of aromatic nitrogens is 3. The van der Waals surface area contributed by atoms with E-state index >= 15 is 0 Å². The third kappa shape index (κ3) is 8.73. The topological polar surface area (TPSA) is 143 Å². The lowest BCUT2D eigenvalue weighted by atomic mass is 9.49. The molecule has 9 rings (SSSR count). The molecule has 0 atom stereocenters. The van der Waals surface area contributed by atoms with Crippen LogP contribution >= 0.6 is 0 Å². The summed E-state index contributed by atoms with van der Waals surface area (Å²) in [6.07, 6.45) is 9.86. The first kappa shape index (κ1) is 38.7. The maximum atomic E-state index is 13.5. The van der Waals surface area contributed by atoms with Gasteiger partial charge in [0.2, 0.25) is 11.9 Å². The van der Waals surface area contributed by atoms with Gasteiger partial charge in [0, 0.05) is 80.8 Å². The summed E-state index contributed by atoms with van der Waals surface area (Å²) < 4.78 is 12.7. The Kier molecular flexibility index (Phi) is 10.6. The molecule has 302 valence electrons. The van der Waals surface area contributed by atoms with E-state index in [1.54, 1.807) is 64.4 Å². The van der Waals surface area contributed by atoms with Crippen molar-refractivity contribution in [1.82, 2.24) is 24.8 Å². The molecule has 4 aliphatic carbocycles. The van der Waals surface area contributed by atoms with Gasteiger partial charge in [0.25, 0.3) is 5.56 Å². The molecule has 2 aromatic carbocycles. The smallest absolute Gasteiger partial charge is 0.412 e. The third-order valence-corrected chi connectivity index (χ3v) is 12.3. The van der Waals surface area contributed by atoms with Crippen LogP contribution in [0.25, 0.3) is 16.7 Å². The number of hydrogen-bond acceptors (Lipinski definition) is 10. The van der Waals surface area contributed by atoms with Gasteiger partial charge in [0.05, 0.1) is 18.5 Å². The molecule has 4 saturated carbocycles. The molecule has 2 amide bonds. The summed E-state index contributed by atoms with van der Waals surface area (Å²) in [5, 5.41) is 10.0. The Labute approximate surface area is 334 Å². The summed E-state index contributed by atoms with van der Waals surface area (Å²) in [6.45, 7) is 12.4. The number of nitrogens with zero attached hydrogens (tertiary/aromatic N) is 5. The van der Waals surface area contributed by atoms with Crippen LogP contribution in [-0.2, 0) is 9.53 Å². The van der Waals surface area contributed by atoms with Crippen molar-refractivity contribution in [3.8, 4) is 11.4 Å². The van der Waals surface area contributed by atoms with Gasteiger partial charge in [-0.25, -0.2) is 9.78 Å². The van der Waals surface area contributed by atoms with Crippen LogP contribution in [0.15, 0.2) is 59.5 Å². The van der Waals surface area contributed by atoms with E-state index in [2.05, 4.69) is 36.8 Å². The average molecular weight is 777 g/mol. The number of benzene rings is 2. The van der Waals surface area contributed by atoms with Crippen LogP contribution in [0, 0.1) is 30.1 Å². The van der Waals surface area contributed by atoms with Gasteiger partial charge in [-0.1, -0.05) is 6.07 Å². The molecule has 0 spiro atoms. The van der Waals surface area contributed by atoms with E-state index in [0.29, 0.717) is 46.3 Å². The fourth-order valence-electron chi connectivity index (χ4n) is 10.3. The lowest BCUT2D eigenvalue weighted by molar-refractivity contribution is -0.129. The maximum Gasteiger partial charge on any atom is 0.412 e. The Morgan fingerprint density at radius 2 is 1.65 bits per heavy atom. The fourth-order valence-corrected chi connectivity index (χ4v) is 10.3. The second-order valence-corrected chi connectivity index (χ2v) is 17.9. The molecule has 1 aliphatic heterocycles. The minimum absolute atomic E-state index is 0.245. The molecule has 1 saturated heterocycles. The van der Waals surface area contributed by atoms with E-state index < -0.39 is 11.7 Å². The van der Waals surface area contributed by atoms with Crippen LogP contribution in [-0.4, -0.2) is 83.4 Å². The Morgan fingerprint density at radius 3 is 2.33 bits per heavy atom. The first-order valence-electron chi connectivity index (χ1n) is 20.5. The van der Waals surface area contributed by atoms with Gasteiger partial charge >= 0.3 is 6.09 Å². The van der Waals surface area contributed by atoms with Crippen LogP contribution in [0.2, 0.25) is 0 Å². The fraction of sp³-hybridized carbons (Fsp3) is 0.523. The van der Waals surface area contributed by atoms with Gasteiger partial charge in [0.15, 0.2) is 5.65 Å². The molecule has 5 aliphatic rings. The van der Waals surface area contributed by atoms with E-state index in [-0.39, 0.29) is 16.9 Å². The molecular formula is C44H56N8O5. The molecule has 4 bridgehead atoms. The van der Waals surface area contributed by atoms with E-state index in [1.165, 1.54) is 43.1 Å². The first-order chi connectivity index (χ1) is 27.3. The summed E-state index contributed by atoms with van der Waals surface area (Å²) >= 11 is 0. The molecule has 0 unspecified atom stereocenters. The SMILES string of the molecule is COc1cc(N2CCN(CCNC(=O)CC34CC5CC(CC(C5)C3)C4)CC2)ccc1Nc1ncc2c(C)cc(=O)n(-c3cccc(NC(=O)OC(C)(C)C)c3)c2n1. The van der Waals surface area contributed by atoms with Gasteiger partial charge in [-0.05, 0) is 125 Å². The summed E-state index contributed by atoms with van der Waals surface area (Å²) in [5.41, 5.74) is 3.29. The molecule has 57 heavy (non-hydrogen) atoms. The first-order valence-corrected chi connectivity index (χ1v) is 20.5. The number of rotatable bonds is 11. The van der Waals surface area contributed by atoms with Crippen molar-refractivity contribution >= 4 is 46.0 Å². The number of ether oxygens (including phenoxy) is 2. The zero-order valence-electron chi connectivity index (χ0n) is 33.9. The quantitative estimate of drug-likeness (QED) is 0.145. The molecule has 3 heterocycles. The highest BCUT2D eigenvalue weighted by Gasteiger charge is 2.51. The van der Waals surface area contributed by atoms with Crippen molar-refractivity contribution in [2.24, 2.45) is 23.2 Å². The van der Waals surface area contributed by atoms with Gasteiger partial charge in [-0.2, -0.15) is 4.98 Å². The second-order valence-electron chi connectivity index (χ2n) is 17.9. The number of piperazine rings is 1. The van der Waals surface area contributed by atoms with Crippen LogP contribution < -0.4 is 31.1 Å². The van der Waals surface area contributed by atoms with Crippen molar-refractivity contribution in [3.05, 3.63) is 70.6 Å². The normalized spacial score (nSPS) is 23.0. The summed E-state index contributed by atoms with van der Waals surface area (Å²) in [6, 6.07) is 14.6. The number of carbonyl (C=O) groups excluding carboxylic acids is 2. The van der Waals surface area contributed by atoms with Gasteiger partial charge in [0.1, 0.15) is 11.4 Å². The van der Waals surface area contributed by atoms with Gasteiger partial charge < -0.3 is 25.0 Å². The Hall–Kier alpha value is -5.17. The lowest BCUT2D eigenvalue weighted by Gasteiger charge is -2.56. The van der Waals surface area contributed by atoms with Gasteiger partial charge in [-0.3, -0.25) is 24.4 Å². The van der Waals surface area contributed by atoms with Crippen LogP contribution in [0.1, 0.15) is 71.3 Å². The predicted molar refractivity (Wildman–Crippen MR) is 223 cm³/mol. The molecule has 4 aromatic rings. The average Bonchev–Trinajstić information content (AvgIpc) is 3.14. The van der Waals surface area contributed by atoms with E-state index in [0.717, 1.165) is 68.1 Å². The number of aryl methyl sites for hydroxylation is 1. The number of pyridine rings is 1. The van der Waals surface area contributed by atoms with Crippen molar-refractivity contribution in [2.45, 2.75) is 78.2 Å². The number of nitrogens with one attached hydrogen (secondary N) is 3. The van der Waals surface area contributed by atoms with Crippen molar-refractivity contribution in [3.63, 3.8) is 0 Å². The highest BCUT2D eigenvalue weighted by molar-refractivity contribution is 5.86. The van der Waals surface area contributed by atoms with Crippen LogP contribution in [0.5, 0.6) is 5.75 Å². The molecule has 3 N–H and O–H groups in total.